The number of nitrogens with two attached hydrogens (primary N) is 1. The molecule has 4 nitrogen and oxygen atoms in total. The van der Waals surface area contributed by atoms with Gasteiger partial charge in [0.15, 0.2) is 0 Å². The van der Waals surface area contributed by atoms with E-state index in [4.69, 9.17) is 15.3 Å². The molecule has 0 aromatic rings. The summed E-state index contributed by atoms with van der Waals surface area (Å²) in [6, 6.07) is 0.0833. The van der Waals surface area contributed by atoms with Gasteiger partial charge >= 0.3 is 0 Å². The number of rotatable bonds is 7. The molecule has 0 fully saturated rings. The van der Waals surface area contributed by atoms with E-state index in [0.29, 0.717) is 6.61 Å². The number of hydrogen-bond donors (Lipinski definition) is 2. The summed E-state index contributed by atoms with van der Waals surface area (Å²) in [5, 5.41) is 0. The van der Waals surface area contributed by atoms with E-state index in [0.717, 1.165) is 12.8 Å². The standard InChI is InChI=1S/C8H20N2O2/c1-4-5-8(12-3)7(10-9)6-11-2/h7-8,10H,4-6,9H2,1-3H3. The van der Waals surface area contributed by atoms with E-state index >= 15 is 0 Å². The van der Waals surface area contributed by atoms with Gasteiger partial charge in [-0.05, 0) is 6.42 Å². The van der Waals surface area contributed by atoms with Gasteiger partial charge in [0.05, 0.1) is 18.8 Å². The third kappa shape index (κ3) is 4.01. The second-order valence-electron chi connectivity index (χ2n) is 2.79. The van der Waals surface area contributed by atoms with E-state index in [2.05, 4.69) is 12.3 Å². The van der Waals surface area contributed by atoms with Crippen molar-refractivity contribution >= 4 is 0 Å². The maximum atomic E-state index is 5.36. The Kier molecular flexibility index (Phi) is 7.39. The van der Waals surface area contributed by atoms with Crippen LogP contribution >= 0.6 is 0 Å². The van der Waals surface area contributed by atoms with E-state index < -0.39 is 0 Å². The van der Waals surface area contributed by atoms with Crippen LogP contribution in [0.2, 0.25) is 0 Å². The molecule has 0 amide bonds. The summed E-state index contributed by atoms with van der Waals surface area (Å²) < 4.78 is 10.3. The number of hydrazine groups is 1. The van der Waals surface area contributed by atoms with Crippen molar-refractivity contribution in [1.29, 1.82) is 0 Å². The largest absolute Gasteiger partial charge is 0.383 e. The molecule has 2 atom stereocenters. The molecule has 74 valence electrons. The number of methoxy groups -OCH3 is 2. The molecule has 0 spiro atoms. The average Bonchev–Trinajstić information content (AvgIpc) is 2.11. The van der Waals surface area contributed by atoms with Crippen molar-refractivity contribution in [2.75, 3.05) is 20.8 Å². The monoisotopic (exact) mass is 176 g/mol. The zero-order valence-electron chi connectivity index (χ0n) is 8.17. The fourth-order valence-corrected chi connectivity index (χ4v) is 1.21. The Labute approximate surface area is 74.4 Å². The van der Waals surface area contributed by atoms with Crippen molar-refractivity contribution in [3.63, 3.8) is 0 Å². The maximum Gasteiger partial charge on any atom is 0.0760 e. The molecule has 2 unspecified atom stereocenters. The lowest BCUT2D eigenvalue weighted by Gasteiger charge is -2.24. The molecule has 0 aromatic heterocycles. The molecule has 0 saturated heterocycles. The Balaban J connectivity index is 3.84. The number of hydrogen-bond acceptors (Lipinski definition) is 4. The van der Waals surface area contributed by atoms with Gasteiger partial charge in [-0.2, -0.15) is 0 Å². The van der Waals surface area contributed by atoms with Crippen LogP contribution in [-0.4, -0.2) is 33.0 Å². The van der Waals surface area contributed by atoms with Crippen LogP contribution in [0.25, 0.3) is 0 Å². The highest BCUT2D eigenvalue weighted by Crippen LogP contribution is 2.05. The normalized spacial score (nSPS) is 16.0. The summed E-state index contributed by atoms with van der Waals surface area (Å²) in [4.78, 5) is 0. The predicted octanol–water partition coefficient (Wildman–Crippen LogP) is 0.280. The molecule has 0 saturated carbocycles. The van der Waals surface area contributed by atoms with Crippen LogP contribution < -0.4 is 11.3 Å². The van der Waals surface area contributed by atoms with Crippen molar-refractivity contribution in [2.24, 2.45) is 5.84 Å². The van der Waals surface area contributed by atoms with Crippen LogP contribution in [0.3, 0.4) is 0 Å². The predicted molar refractivity (Wildman–Crippen MR) is 48.7 cm³/mol. The van der Waals surface area contributed by atoms with Gasteiger partial charge in [0.2, 0.25) is 0 Å². The third-order valence-corrected chi connectivity index (χ3v) is 1.89. The van der Waals surface area contributed by atoms with Gasteiger partial charge in [-0.15, -0.1) is 0 Å². The molecular formula is C8H20N2O2. The molecule has 0 aliphatic rings. The van der Waals surface area contributed by atoms with Gasteiger partial charge < -0.3 is 9.47 Å². The van der Waals surface area contributed by atoms with Crippen LogP contribution in [0.1, 0.15) is 19.8 Å². The Morgan fingerprint density at radius 3 is 2.42 bits per heavy atom. The summed E-state index contributed by atoms with van der Waals surface area (Å²) in [6.07, 6.45) is 2.22. The maximum absolute atomic E-state index is 5.36. The molecule has 0 bridgehead atoms. The van der Waals surface area contributed by atoms with Crippen LogP contribution in [0, 0.1) is 0 Å². The van der Waals surface area contributed by atoms with E-state index in [9.17, 15) is 0 Å². The van der Waals surface area contributed by atoms with Crippen LogP contribution in [0.15, 0.2) is 0 Å². The second kappa shape index (κ2) is 7.49. The van der Waals surface area contributed by atoms with Crippen molar-refractivity contribution in [1.82, 2.24) is 5.43 Å². The molecule has 0 radical (unpaired) electrons. The van der Waals surface area contributed by atoms with Gasteiger partial charge in [0.25, 0.3) is 0 Å². The number of nitrogens with one attached hydrogen (secondary N) is 1. The smallest absolute Gasteiger partial charge is 0.0760 e. The van der Waals surface area contributed by atoms with Crippen molar-refractivity contribution in [3.05, 3.63) is 0 Å². The molecule has 0 aromatic carbocycles. The SMILES string of the molecule is CCCC(OC)C(COC)NN. The lowest BCUT2D eigenvalue weighted by molar-refractivity contribution is 0.0289. The second-order valence-corrected chi connectivity index (χ2v) is 2.79. The van der Waals surface area contributed by atoms with Crippen LogP contribution in [0.5, 0.6) is 0 Å². The summed E-state index contributed by atoms with van der Waals surface area (Å²) >= 11 is 0. The Hall–Kier alpha value is -0.160. The third-order valence-electron chi connectivity index (χ3n) is 1.89. The molecule has 12 heavy (non-hydrogen) atoms. The quantitative estimate of drug-likeness (QED) is 0.432. The molecule has 0 aliphatic heterocycles. The highest BCUT2D eigenvalue weighted by atomic mass is 16.5. The summed E-state index contributed by atoms with van der Waals surface area (Å²) in [6.45, 7) is 2.70. The van der Waals surface area contributed by atoms with Gasteiger partial charge in [0.1, 0.15) is 0 Å². The van der Waals surface area contributed by atoms with E-state index in [-0.39, 0.29) is 12.1 Å². The Morgan fingerprint density at radius 2 is 2.08 bits per heavy atom. The van der Waals surface area contributed by atoms with Crippen molar-refractivity contribution in [3.8, 4) is 0 Å². The lowest BCUT2D eigenvalue weighted by Crippen LogP contribution is -2.47. The summed E-state index contributed by atoms with van der Waals surface area (Å²) in [5.74, 6) is 5.36. The zero-order valence-corrected chi connectivity index (χ0v) is 8.17. The van der Waals surface area contributed by atoms with E-state index in [1.54, 1.807) is 14.2 Å². The molecule has 0 rings (SSSR count). The molecule has 4 heteroatoms. The first-order chi connectivity index (χ1) is 5.79. The van der Waals surface area contributed by atoms with Gasteiger partial charge in [-0.25, -0.2) is 0 Å². The minimum atomic E-state index is 0.0833. The topological polar surface area (TPSA) is 56.5 Å². The first-order valence-electron chi connectivity index (χ1n) is 4.28. The van der Waals surface area contributed by atoms with Gasteiger partial charge in [0, 0.05) is 14.2 Å². The van der Waals surface area contributed by atoms with Crippen LogP contribution in [-0.2, 0) is 9.47 Å². The molecule has 0 heterocycles. The zero-order chi connectivity index (χ0) is 9.40. The Morgan fingerprint density at radius 1 is 1.42 bits per heavy atom. The molecule has 3 N–H and O–H groups in total. The minimum Gasteiger partial charge on any atom is -0.383 e. The first kappa shape index (κ1) is 11.8. The van der Waals surface area contributed by atoms with Gasteiger partial charge in [-0.3, -0.25) is 11.3 Å². The fourth-order valence-electron chi connectivity index (χ4n) is 1.21. The van der Waals surface area contributed by atoms with E-state index in [1.807, 2.05) is 0 Å². The highest BCUT2D eigenvalue weighted by Gasteiger charge is 2.18. The van der Waals surface area contributed by atoms with Crippen LogP contribution in [0.4, 0.5) is 0 Å². The van der Waals surface area contributed by atoms with Gasteiger partial charge in [-0.1, -0.05) is 13.3 Å². The van der Waals surface area contributed by atoms with E-state index in [1.165, 1.54) is 0 Å². The minimum absolute atomic E-state index is 0.0833. The highest BCUT2D eigenvalue weighted by molar-refractivity contribution is 4.73. The Bertz CT molecular complexity index is 89.1. The average molecular weight is 176 g/mol. The molecular weight excluding hydrogens is 156 g/mol. The van der Waals surface area contributed by atoms with Crippen molar-refractivity contribution in [2.45, 2.75) is 31.9 Å². The summed E-state index contributed by atoms with van der Waals surface area (Å²) in [7, 11) is 3.35. The summed E-state index contributed by atoms with van der Waals surface area (Å²) in [5.41, 5.74) is 2.69. The fraction of sp³-hybridized carbons (Fsp3) is 1.00. The first-order valence-corrected chi connectivity index (χ1v) is 4.28. The lowest BCUT2D eigenvalue weighted by atomic mass is 10.1. The van der Waals surface area contributed by atoms with Crippen molar-refractivity contribution < 1.29 is 9.47 Å². The number of ether oxygens (including phenoxy) is 2. The molecule has 0 aliphatic carbocycles.